The van der Waals surface area contributed by atoms with Crippen LogP contribution in [0.5, 0.6) is 0 Å². The van der Waals surface area contributed by atoms with Crippen molar-refractivity contribution in [2.24, 2.45) is 0 Å². The molecule has 6 nitrogen and oxygen atoms in total. The molecule has 1 aromatic rings. The molecule has 2 N–H and O–H groups in total. The van der Waals surface area contributed by atoms with Gasteiger partial charge >= 0.3 is 5.97 Å². The van der Waals surface area contributed by atoms with Gasteiger partial charge in [-0.15, -0.1) is 0 Å². The van der Waals surface area contributed by atoms with Crippen LogP contribution in [0.4, 0.5) is 5.69 Å². The van der Waals surface area contributed by atoms with Gasteiger partial charge in [0.05, 0.1) is 18.9 Å². The summed E-state index contributed by atoms with van der Waals surface area (Å²) < 4.78 is 5.30. The zero-order chi connectivity index (χ0) is 14.4. The zero-order valence-electron chi connectivity index (χ0n) is 11.8. The number of nitrogens with zero attached hydrogens (tertiary/aromatic N) is 2. The first-order chi connectivity index (χ1) is 9.66. The number of aromatic carboxylic acids is 1. The third-order valence-electron chi connectivity index (χ3n) is 3.34. The van der Waals surface area contributed by atoms with Crippen molar-refractivity contribution in [3.8, 4) is 0 Å². The van der Waals surface area contributed by atoms with Gasteiger partial charge in [-0.2, -0.15) is 0 Å². The first-order valence-electron chi connectivity index (χ1n) is 6.91. The molecule has 6 heteroatoms. The van der Waals surface area contributed by atoms with Gasteiger partial charge in [0.1, 0.15) is 5.56 Å². The van der Waals surface area contributed by atoms with E-state index in [1.165, 1.54) is 6.20 Å². The summed E-state index contributed by atoms with van der Waals surface area (Å²) in [5.41, 5.74) is 1.68. The van der Waals surface area contributed by atoms with Crippen LogP contribution in [0.1, 0.15) is 22.5 Å². The molecule has 0 atom stereocenters. The van der Waals surface area contributed by atoms with Crippen LogP contribution in [0.3, 0.4) is 0 Å². The Balaban J connectivity index is 1.81. The van der Waals surface area contributed by atoms with E-state index in [4.69, 9.17) is 9.84 Å². The number of ether oxygens (including phenoxy) is 1. The Morgan fingerprint density at radius 3 is 2.95 bits per heavy atom. The van der Waals surface area contributed by atoms with Crippen LogP contribution in [-0.4, -0.2) is 60.4 Å². The minimum absolute atomic E-state index is 0.224. The van der Waals surface area contributed by atoms with E-state index in [-0.39, 0.29) is 5.56 Å². The molecule has 1 aliphatic rings. The molecule has 0 amide bonds. The normalized spacial score (nSPS) is 16.1. The molecule has 0 saturated carbocycles. The van der Waals surface area contributed by atoms with Crippen LogP contribution in [0.25, 0.3) is 0 Å². The Bertz CT molecular complexity index is 459. The second-order valence-electron chi connectivity index (χ2n) is 4.91. The van der Waals surface area contributed by atoms with Gasteiger partial charge in [-0.3, -0.25) is 9.88 Å². The molecule has 2 rings (SSSR count). The second kappa shape index (κ2) is 7.21. The Kier molecular flexibility index (Phi) is 5.31. The van der Waals surface area contributed by atoms with Gasteiger partial charge in [0.15, 0.2) is 0 Å². The van der Waals surface area contributed by atoms with E-state index in [1.807, 2.05) is 6.92 Å². The number of carboxylic acid groups (broad SMARTS) is 1. The minimum atomic E-state index is -0.951. The molecule has 110 valence electrons. The van der Waals surface area contributed by atoms with Crippen molar-refractivity contribution in [1.29, 1.82) is 0 Å². The molecule has 0 spiro atoms. The molecule has 1 saturated heterocycles. The van der Waals surface area contributed by atoms with Crippen LogP contribution in [0.15, 0.2) is 12.3 Å². The number of aromatic nitrogens is 1. The predicted molar refractivity (Wildman–Crippen MR) is 76.3 cm³/mol. The van der Waals surface area contributed by atoms with Gasteiger partial charge in [0.2, 0.25) is 0 Å². The van der Waals surface area contributed by atoms with Crippen LogP contribution in [0.2, 0.25) is 0 Å². The Morgan fingerprint density at radius 1 is 1.50 bits per heavy atom. The first kappa shape index (κ1) is 14.7. The molecular formula is C14H21N3O3. The summed E-state index contributed by atoms with van der Waals surface area (Å²) in [7, 11) is 0. The van der Waals surface area contributed by atoms with Crippen molar-refractivity contribution >= 4 is 11.7 Å². The number of aryl methyl sites for hydroxylation is 1. The fraction of sp³-hybridized carbons (Fsp3) is 0.571. The smallest absolute Gasteiger partial charge is 0.339 e. The average Bonchev–Trinajstić information content (AvgIpc) is 2.44. The van der Waals surface area contributed by atoms with Crippen molar-refractivity contribution in [3.05, 3.63) is 23.5 Å². The van der Waals surface area contributed by atoms with Crippen molar-refractivity contribution in [2.75, 3.05) is 44.7 Å². The van der Waals surface area contributed by atoms with E-state index in [0.717, 1.165) is 51.5 Å². The third-order valence-corrected chi connectivity index (χ3v) is 3.34. The molecule has 0 unspecified atom stereocenters. The number of rotatable bonds is 6. The van der Waals surface area contributed by atoms with Gasteiger partial charge in [-0.25, -0.2) is 4.79 Å². The van der Waals surface area contributed by atoms with E-state index < -0.39 is 5.97 Å². The Labute approximate surface area is 118 Å². The highest BCUT2D eigenvalue weighted by atomic mass is 16.5. The lowest BCUT2D eigenvalue weighted by Gasteiger charge is -2.26. The minimum Gasteiger partial charge on any atom is -0.478 e. The Morgan fingerprint density at radius 2 is 2.25 bits per heavy atom. The average molecular weight is 279 g/mol. The van der Waals surface area contributed by atoms with Crippen molar-refractivity contribution in [1.82, 2.24) is 9.88 Å². The van der Waals surface area contributed by atoms with E-state index in [9.17, 15) is 4.79 Å². The molecule has 0 aliphatic carbocycles. The predicted octanol–water partition coefficient (Wildman–Crippen LogP) is 1.22. The van der Waals surface area contributed by atoms with Gasteiger partial charge in [0.25, 0.3) is 0 Å². The first-order valence-corrected chi connectivity index (χ1v) is 6.91. The summed E-state index contributed by atoms with van der Waals surface area (Å²) in [6.45, 7) is 7.18. The van der Waals surface area contributed by atoms with E-state index >= 15 is 0 Å². The fourth-order valence-electron chi connectivity index (χ4n) is 2.23. The highest BCUT2D eigenvalue weighted by Gasteiger charge is 2.12. The summed E-state index contributed by atoms with van der Waals surface area (Å²) in [6.07, 6.45) is 2.38. The molecule has 1 aliphatic heterocycles. The summed E-state index contributed by atoms with van der Waals surface area (Å²) in [5.74, 6) is -0.951. The largest absolute Gasteiger partial charge is 0.478 e. The van der Waals surface area contributed by atoms with Crippen LogP contribution < -0.4 is 5.32 Å². The SMILES string of the molecule is Cc1cc(NCCCN2CCOCC2)c(C(=O)O)cn1. The van der Waals surface area contributed by atoms with Crippen molar-refractivity contribution in [2.45, 2.75) is 13.3 Å². The molecule has 1 fully saturated rings. The number of anilines is 1. The monoisotopic (exact) mass is 279 g/mol. The van der Waals surface area contributed by atoms with Crippen molar-refractivity contribution < 1.29 is 14.6 Å². The van der Waals surface area contributed by atoms with Gasteiger partial charge in [-0.05, 0) is 26.0 Å². The van der Waals surface area contributed by atoms with E-state index in [0.29, 0.717) is 5.69 Å². The molecule has 2 heterocycles. The molecule has 1 aromatic heterocycles. The van der Waals surface area contributed by atoms with Crippen LogP contribution in [-0.2, 0) is 4.74 Å². The molecular weight excluding hydrogens is 258 g/mol. The number of pyridine rings is 1. The van der Waals surface area contributed by atoms with Gasteiger partial charge in [0, 0.05) is 31.5 Å². The van der Waals surface area contributed by atoms with Crippen LogP contribution in [0, 0.1) is 6.92 Å². The number of carboxylic acids is 1. The maximum Gasteiger partial charge on any atom is 0.339 e. The standard InChI is InChI=1S/C14H21N3O3/c1-11-9-13(12(10-16-11)14(18)19)15-3-2-4-17-5-7-20-8-6-17/h9-10H,2-8H2,1H3,(H,15,16)(H,18,19). The second-order valence-corrected chi connectivity index (χ2v) is 4.91. The highest BCUT2D eigenvalue weighted by Crippen LogP contribution is 2.15. The lowest BCUT2D eigenvalue weighted by molar-refractivity contribution is 0.0378. The number of nitrogens with one attached hydrogen (secondary N) is 1. The van der Waals surface area contributed by atoms with Crippen LogP contribution >= 0.6 is 0 Å². The number of hydrogen-bond donors (Lipinski definition) is 2. The van der Waals surface area contributed by atoms with Gasteiger partial charge in [-0.1, -0.05) is 0 Å². The maximum atomic E-state index is 11.1. The summed E-state index contributed by atoms with van der Waals surface area (Å²) in [5, 5.41) is 12.3. The quantitative estimate of drug-likeness (QED) is 0.763. The molecule has 0 radical (unpaired) electrons. The zero-order valence-corrected chi connectivity index (χ0v) is 11.8. The molecule has 0 bridgehead atoms. The molecule has 0 aromatic carbocycles. The van der Waals surface area contributed by atoms with E-state index in [1.54, 1.807) is 6.07 Å². The summed E-state index contributed by atoms with van der Waals surface area (Å²) >= 11 is 0. The number of hydrogen-bond acceptors (Lipinski definition) is 5. The summed E-state index contributed by atoms with van der Waals surface area (Å²) in [6, 6.07) is 1.78. The fourth-order valence-corrected chi connectivity index (χ4v) is 2.23. The highest BCUT2D eigenvalue weighted by molar-refractivity contribution is 5.93. The lowest BCUT2D eigenvalue weighted by Crippen LogP contribution is -2.37. The Hall–Kier alpha value is -1.66. The van der Waals surface area contributed by atoms with Gasteiger partial charge < -0.3 is 15.2 Å². The van der Waals surface area contributed by atoms with E-state index in [2.05, 4.69) is 15.2 Å². The van der Waals surface area contributed by atoms with Crippen molar-refractivity contribution in [3.63, 3.8) is 0 Å². The third kappa shape index (κ3) is 4.18. The topological polar surface area (TPSA) is 74.7 Å². The lowest BCUT2D eigenvalue weighted by atomic mass is 10.2. The number of carbonyl (C=O) groups is 1. The maximum absolute atomic E-state index is 11.1. The number of morpholine rings is 1. The summed E-state index contributed by atoms with van der Waals surface area (Å²) in [4.78, 5) is 17.5. The molecule has 20 heavy (non-hydrogen) atoms.